The van der Waals surface area contributed by atoms with E-state index in [-0.39, 0.29) is 5.79 Å². The maximum absolute atomic E-state index is 5.76. The number of fused-ring (bicyclic) bond motifs is 1. The fourth-order valence-electron chi connectivity index (χ4n) is 2.85. The molecule has 19 heavy (non-hydrogen) atoms. The van der Waals surface area contributed by atoms with Crippen molar-refractivity contribution >= 4 is 27.4 Å². The molecule has 2 aliphatic rings. The number of hydrogen-bond acceptors (Lipinski definition) is 6. The fraction of sp³-hybridized carbons (Fsp3) is 0.538. The summed E-state index contributed by atoms with van der Waals surface area (Å²) in [6, 6.07) is 2.04. The van der Waals surface area contributed by atoms with Crippen LogP contribution in [0.2, 0.25) is 0 Å². The Hall–Kier alpha value is -1.24. The molecule has 4 heterocycles. The highest BCUT2D eigenvalue weighted by Crippen LogP contribution is 2.35. The summed E-state index contributed by atoms with van der Waals surface area (Å²) in [5.41, 5.74) is 1.03. The number of anilines is 1. The van der Waals surface area contributed by atoms with Crippen LogP contribution in [0, 0.1) is 0 Å². The monoisotopic (exact) mass is 277 g/mol. The van der Waals surface area contributed by atoms with E-state index in [1.807, 2.05) is 6.07 Å². The molecule has 1 spiro atoms. The highest BCUT2D eigenvalue weighted by Gasteiger charge is 2.40. The van der Waals surface area contributed by atoms with Gasteiger partial charge < -0.3 is 14.4 Å². The molecule has 2 fully saturated rings. The number of aromatic nitrogens is 2. The molecule has 0 radical (unpaired) electrons. The number of thiophene rings is 1. The zero-order chi connectivity index (χ0) is 12.7. The Morgan fingerprint density at radius 3 is 2.74 bits per heavy atom. The molecule has 0 aliphatic carbocycles. The van der Waals surface area contributed by atoms with Crippen molar-refractivity contribution in [3.05, 3.63) is 17.8 Å². The van der Waals surface area contributed by atoms with Crippen LogP contribution >= 0.6 is 11.3 Å². The summed E-state index contributed by atoms with van der Waals surface area (Å²) in [7, 11) is 0. The van der Waals surface area contributed by atoms with E-state index >= 15 is 0 Å². The van der Waals surface area contributed by atoms with Crippen molar-refractivity contribution in [2.75, 3.05) is 31.2 Å². The summed E-state index contributed by atoms with van der Waals surface area (Å²) in [5.74, 6) is 0.728. The van der Waals surface area contributed by atoms with E-state index in [4.69, 9.17) is 9.47 Å². The van der Waals surface area contributed by atoms with Crippen LogP contribution in [0.4, 0.5) is 5.82 Å². The first-order valence-corrected chi connectivity index (χ1v) is 7.45. The van der Waals surface area contributed by atoms with Crippen molar-refractivity contribution in [3.8, 4) is 0 Å². The molecule has 0 bridgehead atoms. The maximum atomic E-state index is 5.76. The molecule has 4 rings (SSSR count). The van der Waals surface area contributed by atoms with Gasteiger partial charge in [-0.2, -0.15) is 0 Å². The first-order valence-electron chi connectivity index (χ1n) is 6.57. The first-order chi connectivity index (χ1) is 9.36. The van der Waals surface area contributed by atoms with Gasteiger partial charge in [0, 0.05) is 25.9 Å². The molecule has 2 aromatic heterocycles. The van der Waals surface area contributed by atoms with E-state index < -0.39 is 0 Å². The summed E-state index contributed by atoms with van der Waals surface area (Å²) in [6.07, 6.45) is 3.46. The minimum Gasteiger partial charge on any atom is -0.355 e. The molecule has 100 valence electrons. The van der Waals surface area contributed by atoms with E-state index in [1.165, 1.54) is 4.70 Å². The minimum absolute atomic E-state index is 0.321. The van der Waals surface area contributed by atoms with Crippen LogP contribution in [-0.4, -0.2) is 42.1 Å². The van der Waals surface area contributed by atoms with Crippen molar-refractivity contribution < 1.29 is 9.47 Å². The first kappa shape index (κ1) is 11.6. The van der Waals surface area contributed by atoms with Gasteiger partial charge >= 0.3 is 0 Å². The lowest BCUT2D eigenvalue weighted by Crippen LogP contribution is -2.45. The second kappa shape index (κ2) is 4.40. The number of nitrogens with zero attached hydrogens (tertiary/aromatic N) is 3. The number of piperidine rings is 1. The highest BCUT2D eigenvalue weighted by molar-refractivity contribution is 7.17. The van der Waals surface area contributed by atoms with E-state index in [1.54, 1.807) is 17.7 Å². The largest absolute Gasteiger partial charge is 0.355 e. The predicted molar refractivity (Wildman–Crippen MR) is 73.5 cm³/mol. The molecule has 2 aromatic rings. The Morgan fingerprint density at radius 2 is 1.95 bits per heavy atom. The van der Waals surface area contributed by atoms with E-state index in [9.17, 15) is 0 Å². The minimum atomic E-state index is -0.321. The van der Waals surface area contributed by atoms with Crippen molar-refractivity contribution in [3.63, 3.8) is 0 Å². The molecule has 0 amide bonds. The summed E-state index contributed by atoms with van der Waals surface area (Å²) >= 11 is 1.70. The lowest BCUT2D eigenvalue weighted by Gasteiger charge is -2.38. The van der Waals surface area contributed by atoms with Crippen LogP contribution in [0.1, 0.15) is 12.8 Å². The van der Waals surface area contributed by atoms with Crippen LogP contribution in [0.15, 0.2) is 17.8 Å². The van der Waals surface area contributed by atoms with Crippen LogP contribution in [-0.2, 0) is 9.47 Å². The fourth-order valence-corrected chi connectivity index (χ4v) is 3.71. The Labute approximate surface area is 115 Å². The summed E-state index contributed by atoms with van der Waals surface area (Å²) < 4.78 is 12.7. The van der Waals surface area contributed by atoms with Gasteiger partial charge in [-0.1, -0.05) is 0 Å². The molecule has 5 nitrogen and oxygen atoms in total. The molecule has 2 saturated heterocycles. The average Bonchev–Trinajstić information content (AvgIpc) is 3.09. The van der Waals surface area contributed by atoms with Gasteiger partial charge in [-0.15, -0.1) is 11.3 Å². The molecule has 6 heteroatoms. The average molecular weight is 277 g/mol. The Kier molecular flexibility index (Phi) is 2.68. The predicted octanol–water partition coefficient (Wildman–Crippen LogP) is 2.03. The third-order valence-corrected chi connectivity index (χ3v) is 4.76. The van der Waals surface area contributed by atoms with Crippen molar-refractivity contribution in [1.29, 1.82) is 0 Å². The molecular weight excluding hydrogens is 262 g/mol. The molecule has 0 unspecified atom stereocenters. The number of hydrogen-bond donors (Lipinski definition) is 0. The summed E-state index contributed by atoms with van der Waals surface area (Å²) in [5, 5.41) is 2.07. The van der Waals surface area contributed by atoms with Crippen molar-refractivity contribution in [1.82, 2.24) is 9.97 Å². The van der Waals surface area contributed by atoms with E-state index in [0.717, 1.165) is 50.5 Å². The van der Waals surface area contributed by atoms with Crippen molar-refractivity contribution in [2.45, 2.75) is 18.6 Å². The molecule has 2 aliphatic heterocycles. The van der Waals surface area contributed by atoms with Gasteiger partial charge in [-0.05, 0) is 11.4 Å². The van der Waals surface area contributed by atoms with Gasteiger partial charge in [0.05, 0.1) is 23.4 Å². The highest BCUT2D eigenvalue weighted by atomic mass is 32.1. The summed E-state index contributed by atoms with van der Waals surface area (Å²) in [4.78, 5) is 11.1. The molecular formula is C13H15N3O2S. The quantitative estimate of drug-likeness (QED) is 0.798. The van der Waals surface area contributed by atoms with Crippen molar-refractivity contribution in [2.24, 2.45) is 0 Å². The van der Waals surface area contributed by atoms with Gasteiger partial charge in [0.1, 0.15) is 12.1 Å². The van der Waals surface area contributed by atoms with Crippen LogP contribution in [0.25, 0.3) is 10.2 Å². The topological polar surface area (TPSA) is 47.5 Å². The number of rotatable bonds is 1. The Balaban J connectivity index is 1.59. The SMILES string of the molecule is c1nc(N2CCC3(CC2)OCCO3)c2sccc2n1. The molecule has 0 aromatic carbocycles. The number of ether oxygens (including phenoxy) is 2. The van der Waals surface area contributed by atoms with Gasteiger partial charge in [-0.3, -0.25) is 0 Å². The van der Waals surface area contributed by atoms with Crippen LogP contribution in [0.5, 0.6) is 0 Å². The zero-order valence-corrected chi connectivity index (χ0v) is 11.4. The molecule has 0 N–H and O–H groups in total. The second-order valence-electron chi connectivity index (χ2n) is 4.93. The normalized spacial score (nSPS) is 22.4. The molecule has 0 saturated carbocycles. The lowest BCUT2D eigenvalue weighted by molar-refractivity contribution is -0.169. The lowest BCUT2D eigenvalue weighted by atomic mass is 10.0. The zero-order valence-electron chi connectivity index (χ0n) is 10.5. The van der Waals surface area contributed by atoms with Gasteiger partial charge in [0.15, 0.2) is 5.79 Å². The van der Waals surface area contributed by atoms with Crippen LogP contribution in [0.3, 0.4) is 0 Å². The third kappa shape index (κ3) is 1.91. The van der Waals surface area contributed by atoms with Gasteiger partial charge in [-0.25, -0.2) is 9.97 Å². The van der Waals surface area contributed by atoms with Gasteiger partial charge in [0.25, 0.3) is 0 Å². The third-order valence-electron chi connectivity index (χ3n) is 3.86. The van der Waals surface area contributed by atoms with E-state index in [0.29, 0.717) is 0 Å². The second-order valence-corrected chi connectivity index (χ2v) is 5.84. The summed E-state index contributed by atoms with van der Waals surface area (Å²) in [6.45, 7) is 3.29. The Morgan fingerprint density at radius 1 is 1.16 bits per heavy atom. The maximum Gasteiger partial charge on any atom is 0.171 e. The van der Waals surface area contributed by atoms with Crippen LogP contribution < -0.4 is 4.90 Å². The van der Waals surface area contributed by atoms with Gasteiger partial charge in [0.2, 0.25) is 0 Å². The smallest absolute Gasteiger partial charge is 0.171 e. The molecule has 0 atom stereocenters. The standard InChI is InChI=1S/C13H15N3O2S/c1-8-19-11-10(1)14-9-15-12(11)16-4-2-13(3-5-16)17-6-7-18-13/h1,8-9H,2-7H2. The Bertz CT molecular complexity index is 584. The van der Waals surface area contributed by atoms with E-state index in [2.05, 4.69) is 20.2 Å².